The number of nitrogens with zero attached hydrogens (tertiary/aromatic N) is 3. The maximum absolute atomic E-state index is 13.1. The Morgan fingerprint density at radius 3 is 2.28 bits per heavy atom. The van der Waals surface area contributed by atoms with Crippen molar-refractivity contribution in [1.82, 2.24) is 14.5 Å². The summed E-state index contributed by atoms with van der Waals surface area (Å²) in [5.74, 6) is 0.570. The number of rotatable bonds is 6. The van der Waals surface area contributed by atoms with Gasteiger partial charge in [0, 0.05) is 30.4 Å². The fraction of sp³-hybridized carbons (Fsp3) is 0.167. The van der Waals surface area contributed by atoms with Crippen LogP contribution in [0.4, 0.5) is 4.39 Å². The second-order valence-corrected chi connectivity index (χ2v) is 7.03. The van der Waals surface area contributed by atoms with E-state index in [0.29, 0.717) is 12.8 Å². The average molecular weight is 387 g/mol. The first kappa shape index (κ1) is 18.9. The third-order valence-corrected chi connectivity index (χ3v) is 4.78. The normalized spacial score (nSPS) is 10.9. The summed E-state index contributed by atoms with van der Waals surface area (Å²) in [6, 6.07) is 18.8. The third kappa shape index (κ3) is 4.51. The van der Waals surface area contributed by atoms with E-state index in [-0.39, 0.29) is 5.82 Å². The van der Waals surface area contributed by atoms with Crippen LogP contribution < -0.4 is 4.74 Å². The molecule has 0 aliphatic rings. The zero-order valence-corrected chi connectivity index (χ0v) is 16.5. The molecule has 0 amide bonds. The van der Waals surface area contributed by atoms with Crippen LogP contribution in [0.25, 0.3) is 5.69 Å². The number of aromatic nitrogens is 3. The Morgan fingerprint density at radius 2 is 1.62 bits per heavy atom. The van der Waals surface area contributed by atoms with Crippen molar-refractivity contribution in [2.24, 2.45) is 0 Å². The second-order valence-electron chi connectivity index (χ2n) is 7.03. The highest BCUT2D eigenvalue weighted by molar-refractivity contribution is 5.49. The Morgan fingerprint density at radius 1 is 0.931 bits per heavy atom. The molecule has 0 bridgehead atoms. The van der Waals surface area contributed by atoms with E-state index in [1.165, 1.54) is 12.1 Å². The van der Waals surface area contributed by atoms with Crippen LogP contribution in [0.2, 0.25) is 0 Å². The molecular weight excluding hydrogens is 365 g/mol. The summed E-state index contributed by atoms with van der Waals surface area (Å²) in [4.78, 5) is 9.06. The van der Waals surface area contributed by atoms with Crippen molar-refractivity contribution in [2.45, 2.75) is 19.8 Å². The number of imidazole rings is 1. The highest BCUT2D eigenvalue weighted by Gasteiger charge is 2.09. The Hall–Kier alpha value is -3.47. The van der Waals surface area contributed by atoms with Gasteiger partial charge in [0.25, 0.3) is 0 Å². The van der Waals surface area contributed by atoms with Crippen molar-refractivity contribution in [1.29, 1.82) is 0 Å². The summed E-state index contributed by atoms with van der Waals surface area (Å²) < 4.78 is 20.7. The largest absolute Gasteiger partial charge is 0.495 e. The first-order chi connectivity index (χ1) is 14.1. The van der Waals surface area contributed by atoms with Crippen molar-refractivity contribution in [3.63, 3.8) is 0 Å². The minimum atomic E-state index is -0.223. The van der Waals surface area contributed by atoms with Crippen LogP contribution in [-0.4, -0.2) is 21.6 Å². The van der Waals surface area contributed by atoms with Gasteiger partial charge in [-0.3, -0.25) is 4.98 Å². The quantitative estimate of drug-likeness (QED) is 0.472. The fourth-order valence-electron chi connectivity index (χ4n) is 3.34. The fourth-order valence-corrected chi connectivity index (χ4v) is 3.34. The van der Waals surface area contributed by atoms with Gasteiger partial charge in [-0.25, -0.2) is 9.37 Å². The maximum atomic E-state index is 13.1. The lowest BCUT2D eigenvalue weighted by molar-refractivity contribution is 0.412. The van der Waals surface area contributed by atoms with E-state index < -0.39 is 0 Å². The van der Waals surface area contributed by atoms with Crippen LogP contribution in [0, 0.1) is 12.7 Å². The average Bonchev–Trinajstić information content (AvgIpc) is 3.16. The predicted molar refractivity (Wildman–Crippen MR) is 111 cm³/mol. The SMILES string of the molecule is COc1cc(Cc2cccc(Cc3ccc(F)cc3)n2)ccc1-n1cnc(C)c1. The summed E-state index contributed by atoms with van der Waals surface area (Å²) in [6.07, 6.45) is 5.14. The van der Waals surface area contributed by atoms with Crippen molar-refractivity contribution in [2.75, 3.05) is 7.11 Å². The molecule has 0 aliphatic heterocycles. The lowest BCUT2D eigenvalue weighted by Gasteiger charge is -2.11. The zero-order valence-electron chi connectivity index (χ0n) is 16.5. The molecule has 0 N–H and O–H groups in total. The van der Waals surface area contributed by atoms with Gasteiger partial charge in [-0.15, -0.1) is 0 Å². The minimum absolute atomic E-state index is 0.223. The standard InChI is InChI=1S/C24H22FN3O/c1-17-15-28(16-26-17)23-11-8-19(14-24(23)29-2)13-22-5-3-4-21(27-22)12-18-6-9-20(25)10-7-18/h3-11,14-16H,12-13H2,1-2H3. The van der Waals surface area contributed by atoms with Crippen LogP contribution in [0.5, 0.6) is 5.75 Å². The van der Waals surface area contributed by atoms with Gasteiger partial charge in [-0.2, -0.15) is 0 Å². The molecule has 4 nitrogen and oxygen atoms in total. The highest BCUT2D eigenvalue weighted by atomic mass is 19.1. The predicted octanol–water partition coefficient (Wildman–Crippen LogP) is 4.91. The molecule has 4 rings (SSSR count). The summed E-state index contributed by atoms with van der Waals surface area (Å²) in [5.41, 5.74) is 6.02. The smallest absolute Gasteiger partial charge is 0.143 e. The number of aryl methyl sites for hydroxylation is 1. The Balaban J connectivity index is 1.53. The summed E-state index contributed by atoms with van der Waals surface area (Å²) in [5, 5.41) is 0. The molecule has 0 saturated carbocycles. The van der Waals surface area contributed by atoms with E-state index in [2.05, 4.69) is 11.1 Å². The van der Waals surface area contributed by atoms with Crippen LogP contribution >= 0.6 is 0 Å². The highest BCUT2D eigenvalue weighted by Crippen LogP contribution is 2.25. The number of pyridine rings is 1. The summed E-state index contributed by atoms with van der Waals surface area (Å²) >= 11 is 0. The van der Waals surface area contributed by atoms with Gasteiger partial charge in [0.15, 0.2) is 0 Å². The van der Waals surface area contributed by atoms with Crippen molar-refractivity contribution >= 4 is 0 Å². The lowest BCUT2D eigenvalue weighted by atomic mass is 10.1. The number of hydrogen-bond donors (Lipinski definition) is 0. The molecule has 0 saturated heterocycles. The van der Waals surface area contributed by atoms with Gasteiger partial charge in [0.2, 0.25) is 0 Å². The Bertz CT molecular complexity index is 1120. The number of methoxy groups -OCH3 is 1. The number of halogens is 1. The molecule has 2 aromatic heterocycles. The van der Waals surface area contributed by atoms with Crippen LogP contribution in [0.1, 0.15) is 28.2 Å². The first-order valence-electron chi connectivity index (χ1n) is 9.48. The van der Waals surface area contributed by atoms with Crippen molar-refractivity contribution < 1.29 is 9.13 Å². The van der Waals surface area contributed by atoms with Gasteiger partial charge < -0.3 is 9.30 Å². The van der Waals surface area contributed by atoms with E-state index in [1.807, 2.05) is 48.0 Å². The van der Waals surface area contributed by atoms with Gasteiger partial charge in [0.1, 0.15) is 11.6 Å². The summed E-state index contributed by atoms with van der Waals surface area (Å²) in [6.45, 7) is 1.96. The molecule has 29 heavy (non-hydrogen) atoms. The van der Waals surface area contributed by atoms with E-state index in [4.69, 9.17) is 9.72 Å². The van der Waals surface area contributed by atoms with Gasteiger partial charge >= 0.3 is 0 Å². The molecule has 146 valence electrons. The number of benzene rings is 2. The van der Waals surface area contributed by atoms with Gasteiger partial charge in [0.05, 0.1) is 24.8 Å². The monoisotopic (exact) mass is 387 g/mol. The Kier molecular flexibility index (Phi) is 5.38. The van der Waals surface area contributed by atoms with E-state index in [1.54, 1.807) is 25.6 Å². The molecule has 0 fully saturated rings. The van der Waals surface area contributed by atoms with Crippen LogP contribution in [0.3, 0.4) is 0 Å². The summed E-state index contributed by atoms with van der Waals surface area (Å²) in [7, 11) is 1.67. The minimum Gasteiger partial charge on any atom is -0.495 e. The molecule has 2 heterocycles. The molecule has 4 aromatic rings. The lowest BCUT2D eigenvalue weighted by Crippen LogP contribution is -2.00. The van der Waals surface area contributed by atoms with Crippen molar-refractivity contribution in [3.8, 4) is 11.4 Å². The second kappa shape index (κ2) is 8.27. The molecular formula is C24H22FN3O. The molecule has 0 radical (unpaired) electrons. The van der Waals surface area contributed by atoms with Crippen LogP contribution in [-0.2, 0) is 12.8 Å². The Labute approximate surface area is 169 Å². The van der Waals surface area contributed by atoms with Gasteiger partial charge in [-0.1, -0.05) is 24.3 Å². The molecule has 2 aromatic carbocycles. The molecule has 0 spiro atoms. The van der Waals surface area contributed by atoms with Crippen LogP contribution in [0.15, 0.2) is 73.2 Å². The number of hydrogen-bond acceptors (Lipinski definition) is 3. The maximum Gasteiger partial charge on any atom is 0.143 e. The number of ether oxygens (including phenoxy) is 1. The third-order valence-electron chi connectivity index (χ3n) is 4.78. The molecule has 0 aliphatic carbocycles. The van der Waals surface area contributed by atoms with E-state index in [0.717, 1.165) is 39.6 Å². The molecule has 0 atom stereocenters. The molecule has 5 heteroatoms. The van der Waals surface area contributed by atoms with E-state index in [9.17, 15) is 4.39 Å². The topological polar surface area (TPSA) is 39.9 Å². The molecule has 0 unspecified atom stereocenters. The zero-order chi connectivity index (χ0) is 20.2. The van der Waals surface area contributed by atoms with Gasteiger partial charge in [-0.05, 0) is 54.4 Å². The van der Waals surface area contributed by atoms with E-state index >= 15 is 0 Å². The first-order valence-corrected chi connectivity index (χ1v) is 9.48. The van der Waals surface area contributed by atoms with Crippen molar-refractivity contribution in [3.05, 3.63) is 107 Å².